The van der Waals surface area contributed by atoms with Crippen molar-refractivity contribution in [3.8, 4) is 5.75 Å². The number of carbonyl (C=O) groups excluding carboxylic acids is 2. The first-order valence-corrected chi connectivity index (χ1v) is 6.90. The molecule has 0 saturated carbocycles. The van der Waals surface area contributed by atoms with Crippen LogP contribution in [0.4, 0.5) is 4.79 Å². The van der Waals surface area contributed by atoms with Crippen LogP contribution < -0.4 is 10.6 Å². The Balaban J connectivity index is 1.88. The molecule has 2 aromatic carbocycles. The maximum atomic E-state index is 12.7. The Labute approximate surface area is 126 Å². The Bertz CT molecular complexity index is 837. The van der Waals surface area contributed by atoms with E-state index in [4.69, 9.17) is 0 Å². The highest BCUT2D eigenvalue weighted by Crippen LogP contribution is 2.39. The van der Waals surface area contributed by atoms with Gasteiger partial charge in [-0.25, -0.2) is 4.79 Å². The SMILES string of the molecule is O=C1NC2=C(C(=O)c3ccccc32)[C@H](c2ccc(O)cc2)N1. The van der Waals surface area contributed by atoms with Gasteiger partial charge < -0.3 is 15.7 Å². The summed E-state index contributed by atoms with van der Waals surface area (Å²) >= 11 is 0. The molecule has 1 aliphatic heterocycles. The molecule has 4 rings (SSSR count). The van der Waals surface area contributed by atoms with Crippen LogP contribution >= 0.6 is 0 Å². The number of amides is 2. The Kier molecular flexibility index (Phi) is 2.56. The third-order valence-electron chi connectivity index (χ3n) is 3.98. The lowest BCUT2D eigenvalue weighted by Crippen LogP contribution is -2.43. The molecule has 1 heterocycles. The number of urea groups is 1. The van der Waals surface area contributed by atoms with Gasteiger partial charge in [-0.15, -0.1) is 0 Å². The van der Waals surface area contributed by atoms with Gasteiger partial charge in [0, 0.05) is 11.1 Å². The Morgan fingerprint density at radius 2 is 1.59 bits per heavy atom. The van der Waals surface area contributed by atoms with Crippen LogP contribution in [-0.4, -0.2) is 16.9 Å². The van der Waals surface area contributed by atoms with Gasteiger partial charge in [0.1, 0.15) is 5.75 Å². The molecule has 1 aliphatic carbocycles. The number of hydrogen-bond acceptors (Lipinski definition) is 3. The van der Waals surface area contributed by atoms with Crippen molar-refractivity contribution in [3.63, 3.8) is 0 Å². The number of carbonyl (C=O) groups is 2. The van der Waals surface area contributed by atoms with Crippen molar-refractivity contribution in [2.45, 2.75) is 6.04 Å². The molecule has 2 amide bonds. The number of phenols is 1. The van der Waals surface area contributed by atoms with Gasteiger partial charge in [-0.1, -0.05) is 36.4 Å². The van der Waals surface area contributed by atoms with E-state index in [9.17, 15) is 14.7 Å². The highest BCUT2D eigenvalue weighted by Gasteiger charge is 2.39. The maximum Gasteiger partial charge on any atom is 0.320 e. The number of Topliss-reactive ketones (excluding diaryl/α,β-unsaturated/α-hetero) is 1. The molecule has 5 nitrogen and oxygen atoms in total. The normalized spacial score (nSPS) is 19.4. The fourth-order valence-corrected chi connectivity index (χ4v) is 2.98. The fourth-order valence-electron chi connectivity index (χ4n) is 2.98. The van der Waals surface area contributed by atoms with Crippen molar-refractivity contribution >= 4 is 17.5 Å². The van der Waals surface area contributed by atoms with Crippen LogP contribution in [0.1, 0.15) is 27.5 Å². The number of benzene rings is 2. The lowest BCUT2D eigenvalue weighted by molar-refractivity contribution is 0.103. The summed E-state index contributed by atoms with van der Waals surface area (Å²) in [6.45, 7) is 0. The second kappa shape index (κ2) is 4.46. The molecule has 0 bridgehead atoms. The molecular weight excluding hydrogens is 280 g/mol. The first kappa shape index (κ1) is 12.6. The van der Waals surface area contributed by atoms with Crippen LogP contribution in [0.3, 0.4) is 0 Å². The molecule has 2 aromatic rings. The quantitative estimate of drug-likeness (QED) is 0.755. The van der Waals surface area contributed by atoms with Gasteiger partial charge in [0.25, 0.3) is 0 Å². The number of rotatable bonds is 1. The molecule has 0 aromatic heterocycles. The number of hydrogen-bond donors (Lipinski definition) is 3. The lowest BCUT2D eigenvalue weighted by Gasteiger charge is -2.26. The molecule has 5 heteroatoms. The molecule has 0 fully saturated rings. The van der Waals surface area contributed by atoms with Gasteiger partial charge in [0.15, 0.2) is 5.78 Å². The summed E-state index contributed by atoms with van der Waals surface area (Å²) in [4.78, 5) is 24.6. The van der Waals surface area contributed by atoms with Crippen LogP contribution in [0.15, 0.2) is 54.1 Å². The van der Waals surface area contributed by atoms with Crippen LogP contribution in [0, 0.1) is 0 Å². The summed E-state index contributed by atoms with van der Waals surface area (Å²) in [5, 5.41) is 14.9. The van der Waals surface area contributed by atoms with E-state index in [1.165, 1.54) is 12.1 Å². The van der Waals surface area contributed by atoms with E-state index in [0.29, 0.717) is 16.8 Å². The molecular formula is C17H12N2O3. The fraction of sp³-hybridized carbons (Fsp3) is 0.0588. The minimum absolute atomic E-state index is 0.0869. The number of fused-ring (bicyclic) bond motifs is 2. The second-order valence-electron chi connectivity index (χ2n) is 5.29. The van der Waals surface area contributed by atoms with Gasteiger partial charge >= 0.3 is 6.03 Å². The van der Waals surface area contributed by atoms with E-state index in [-0.39, 0.29) is 17.6 Å². The smallest absolute Gasteiger partial charge is 0.320 e. The Hall–Kier alpha value is -3.08. The van der Waals surface area contributed by atoms with Crippen molar-refractivity contribution in [3.05, 3.63) is 70.8 Å². The molecule has 22 heavy (non-hydrogen) atoms. The first-order chi connectivity index (χ1) is 10.6. The van der Waals surface area contributed by atoms with E-state index in [2.05, 4.69) is 10.6 Å². The van der Waals surface area contributed by atoms with Gasteiger partial charge in [-0.3, -0.25) is 4.79 Å². The van der Waals surface area contributed by atoms with E-state index in [1.807, 2.05) is 12.1 Å². The Morgan fingerprint density at radius 3 is 2.32 bits per heavy atom. The van der Waals surface area contributed by atoms with E-state index in [1.54, 1.807) is 24.3 Å². The zero-order chi connectivity index (χ0) is 15.3. The van der Waals surface area contributed by atoms with Crippen LogP contribution in [0.5, 0.6) is 5.75 Å². The molecule has 0 radical (unpaired) electrons. The summed E-state index contributed by atoms with van der Waals surface area (Å²) in [6.07, 6.45) is 0. The van der Waals surface area contributed by atoms with Crippen LogP contribution in [-0.2, 0) is 0 Å². The lowest BCUT2D eigenvalue weighted by atomic mass is 9.94. The first-order valence-electron chi connectivity index (χ1n) is 6.90. The van der Waals surface area contributed by atoms with Crippen molar-refractivity contribution < 1.29 is 14.7 Å². The van der Waals surface area contributed by atoms with Gasteiger partial charge in [0.2, 0.25) is 0 Å². The second-order valence-corrected chi connectivity index (χ2v) is 5.29. The summed E-state index contributed by atoms with van der Waals surface area (Å²) < 4.78 is 0. The largest absolute Gasteiger partial charge is 0.508 e. The summed E-state index contributed by atoms with van der Waals surface area (Å²) in [6, 6.07) is 12.8. The third-order valence-corrected chi connectivity index (χ3v) is 3.98. The predicted octanol–water partition coefficient (Wildman–Crippen LogP) is 2.35. The molecule has 2 aliphatic rings. The summed E-state index contributed by atoms with van der Waals surface area (Å²) in [5.74, 6) is 0.0513. The number of ketones is 1. The molecule has 0 unspecified atom stereocenters. The molecule has 0 saturated heterocycles. The van der Waals surface area contributed by atoms with E-state index < -0.39 is 6.04 Å². The number of aromatic hydroxyl groups is 1. The average Bonchev–Trinajstić information content (AvgIpc) is 2.81. The van der Waals surface area contributed by atoms with Crippen molar-refractivity contribution in [1.82, 2.24) is 10.6 Å². The van der Waals surface area contributed by atoms with Crippen molar-refractivity contribution in [2.24, 2.45) is 0 Å². The van der Waals surface area contributed by atoms with E-state index in [0.717, 1.165) is 11.1 Å². The zero-order valence-corrected chi connectivity index (χ0v) is 11.5. The topological polar surface area (TPSA) is 78.4 Å². The number of nitrogens with one attached hydrogen (secondary N) is 2. The molecule has 108 valence electrons. The van der Waals surface area contributed by atoms with Crippen molar-refractivity contribution in [1.29, 1.82) is 0 Å². The van der Waals surface area contributed by atoms with Crippen LogP contribution in [0.2, 0.25) is 0 Å². The maximum absolute atomic E-state index is 12.7. The third kappa shape index (κ3) is 1.72. The molecule has 1 atom stereocenters. The highest BCUT2D eigenvalue weighted by atomic mass is 16.3. The standard InChI is InChI=1S/C17H12N2O3/c20-10-7-5-9(6-8-10)14-13-15(19-17(22)18-14)11-3-1-2-4-12(11)16(13)21/h1-8,14,20H,(H2,18,19,22)/t14-/m0/s1. The zero-order valence-electron chi connectivity index (χ0n) is 11.5. The highest BCUT2D eigenvalue weighted by molar-refractivity contribution is 6.23. The summed E-state index contributed by atoms with van der Waals surface area (Å²) in [7, 11) is 0. The van der Waals surface area contributed by atoms with Gasteiger partial charge in [0.05, 0.1) is 17.3 Å². The Morgan fingerprint density at radius 1 is 0.909 bits per heavy atom. The van der Waals surface area contributed by atoms with Gasteiger partial charge in [-0.2, -0.15) is 0 Å². The predicted molar refractivity (Wildman–Crippen MR) is 80.2 cm³/mol. The summed E-state index contributed by atoms with van der Waals surface area (Å²) in [5.41, 5.74) is 3.21. The number of phenolic OH excluding ortho intramolecular Hbond substituents is 1. The monoisotopic (exact) mass is 292 g/mol. The molecule has 0 spiro atoms. The molecule has 3 N–H and O–H groups in total. The van der Waals surface area contributed by atoms with Gasteiger partial charge in [-0.05, 0) is 17.7 Å². The minimum Gasteiger partial charge on any atom is -0.508 e. The van der Waals surface area contributed by atoms with Crippen LogP contribution in [0.25, 0.3) is 5.70 Å². The minimum atomic E-state index is -0.524. The average molecular weight is 292 g/mol. The van der Waals surface area contributed by atoms with E-state index >= 15 is 0 Å². The van der Waals surface area contributed by atoms with Crippen molar-refractivity contribution in [2.75, 3.05) is 0 Å².